The number of pyridine rings is 1. The molecule has 5 nitrogen and oxygen atoms in total. The van der Waals surface area contributed by atoms with Crippen molar-refractivity contribution in [3.8, 4) is 0 Å². The van der Waals surface area contributed by atoms with Crippen molar-refractivity contribution >= 4 is 11.6 Å². The second-order valence-corrected chi connectivity index (χ2v) is 4.78. The van der Waals surface area contributed by atoms with E-state index in [1.807, 2.05) is 19.2 Å². The van der Waals surface area contributed by atoms with Crippen LogP contribution in [0.15, 0.2) is 30.9 Å². The summed E-state index contributed by atoms with van der Waals surface area (Å²) < 4.78 is 0. The molecular weight excluding hydrogens is 250 g/mol. The van der Waals surface area contributed by atoms with Crippen LogP contribution in [0.25, 0.3) is 0 Å². The van der Waals surface area contributed by atoms with E-state index in [0.29, 0.717) is 0 Å². The van der Waals surface area contributed by atoms with E-state index in [-0.39, 0.29) is 6.04 Å². The van der Waals surface area contributed by atoms with Crippen LogP contribution in [0.4, 0.5) is 11.6 Å². The third-order valence-corrected chi connectivity index (χ3v) is 3.16. The lowest BCUT2D eigenvalue weighted by molar-refractivity contribution is 0.859. The topological polar surface area (TPSA) is 62.7 Å². The Morgan fingerprint density at radius 3 is 2.75 bits per heavy atom. The van der Waals surface area contributed by atoms with E-state index in [2.05, 4.69) is 45.5 Å². The Kier molecular flexibility index (Phi) is 4.87. The number of nitrogens with one attached hydrogen (secondary N) is 2. The van der Waals surface area contributed by atoms with Gasteiger partial charge in [0.15, 0.2) is 0 Å². The van der Waals surface area contributed by atoms with Crippen molar-refractivity contribution in [2.75, 3.05) is 17.2 Å². The minimum absolute atomic E-state index is 0.149. The van der Waals surface area contributed by atoms with Gasteiger partial charge in [-0.2, -0.15) is 0 Å². The molecule has 1 atom stereocenters. The number of rotatable bonds is 6. The third-order valence-electron chi connectivity index (χ3n) is 3.16. The molecule has 0 aliphatic carbocycles. The molecule has 0 saturated heterocycles. The van der Waals surface area contributed by atoms with Gasteiger partial charge < -0.3 is 10.6 Å². The van der Waals surface area contributed by atoms with E-state index in [1.54, 1.807) is 12.5 Å². The normalized spacial score (nSPS) is 11.9. The molecule has 0 aliphatic heterocycles. The highest BCUT2D eigenvalue weighted by Gasteiger charge is 2.10. The molecule has 2 N–H and O–H groups in total. The zero-order chi connectivity index (χ0) is 14.4. The smallest absolute Gasteiger partial charge is 0.134 e. The summed E-state index contributed by atoms with van der Waals surface area (Å²) in [4.78, 5) is 12.8. The molecule has 0 bridgehead atoms. The molecule has 0 amide bonds. The van der Waals surface area contributed by atoms with Gasteiger partial charge >= 0.3 is 0 Å². The van der Waals surface area contributed by atoms with Crippen molar-refractivity contribution in [2.24, 2.45) is 0 Å². The zero-order valence-electron chi connectivity index (χ0n) is 12.2. The average molecular weight is 271 g/mol. The molecule has 0 aromatic carbocycles. The molecule has 0 spiro atoms. The van der Waals surface area contributed by atoms with E-state index in [1.165, 1.54) is 0 Å². The number of nitrogens with zero attached hydrogens (tertiary/aromatic N) is 3. The van der Waals surface area contributed by atoms with Crippen LogP contribution < -0.4 is 10.6 Å². The molecule has 2 heterocycles. The van der Waals surface area contributed by atoms with Crippen LogP contribution in [0.5, 0.6) is 0 Å². The van der Waals surface area contributed by atoms with Gasteiger partial charge in [-0.05, 0) is 31.9 Å². The molecule has 0 aliphatic rings. The van der Waals surface area contributed by atoms with Crippen molar-refractivity contribution < 1.29 is 0 Å². The lowest BCUT2D eigenvalue weighted by Crippen LogP contribution is -2.12. The Hall–Kier alpha value is -2.17. The number of aromatic nitrogens is 3. The van der Waals surface area contributed by atoms with Crippen LogP contribution in [-0.4, -0.2) is 21.5 Å². The highest BCUT2D eigenvalue weighted by Crippen LogP contribution is 2.23. The van der Waals surface area contributed by atoms with E-state index in [4.69, 9.17) is 0 Å². The molecule has 0 saturated carbocycles. The van der Waals surface area contributed by atoms with Crippen molar-refractivity contribution in [3.05, 3.63) is 42.0 Å². The van der Waals surface area contributed by atoms with Gasteiger partial charge in [-0.1, -0.05) is 13.0 Å². The van der Waals surface area contributed by atoms with Crippen molar-refractivity contribution in [1.29, 1.82) is 0 Å². The lowest BCUT2D eigenvalue weighted by Gasteiger charge is -2.17. The minimum atomic E-state index is 0.149. The van der Waals surface area contributed by atoms with E-state index >= 15 is 0 Å². The minimum Gasteiger partial charge on any atom is -0.370 e. The molecule has 5 heteroatoms. The highest BCUT2D eigenvalue weighted by atomic mass is 15.1. The summed E-state index contributed by atoms with van der Waals surface area (Å²) in [5.74, 6) is 1.75. The second-order valence-electron chi connectivity index (χ2n) is 4.78. The number of hydrogen-bond acceptors (Lipinski definition) is 5. The quantitative estimate of drug-likeness (QED) is 0.845. The van der Waals surface area contributed by atoms with Gasteiger partial charge in [-0.3, -0.25) is 4.98 Å². The monoisotopic (exact) mass is 271 g/mol. The van der Waals surface area contributed by atoms with Gasteiger partial charge in [0.2, 0.25) is 0 Å². The van der Waals surface area contributed by atoms with Gasteiger partial charge in [-0.25, -0.2) is 9.97 Å². The molecule has 106 valence electrons. The fourth-order valence-electron chi connectivity index (χ4n) is 1.94. The summed E-state index contributed by atoms with van der Waals surface area (Å²) in [5.41, 5.74) is 2.17. The summed E-state index contributed by atoms with van der Waals surface area (Å²) in [6.45, 7) is 7.16. The van der Waals surface area contributed by atoms with Crippen LogP contribution in [0.2, 0.25) is 0 Å². The summed E-state index contributed by atoms with van der Waals surface area (Å²) in [6.07, 6.45) is 6.30. The maximum Gasteiger partial charge on any atom is 0.134 e. The average Bonchev–Trinajstić information content (AvgIpc) is 2.49. The Bertz CT molecular complexity index is 541. The Balaban J connectivity index is 2.13. The first-order valence-electron chi connectivity index (χ1n) is 6.94. The molecule has 20 heavy (non-hydrogen) atoms. The second kappa shape index (κ2) is 6.84. The van der Waals surface area contributed by atoms with Crippen molar-refractivity contribution in [3.63, 3.8) is 0 Å². The first-order valence-corrected chi connectivity index (χ1v) is 6.94. The zero-order valence-corrected chi connectivity index (χ0v) is 12.2. The SMILES string of the molecule is CCCNc1ncnc(NC(C)c2cccnc2)c1C. The molecule has 0 fully saturated rings. The standard InChI is InChI=1S/C15H21N5/c1-4-7-17-14-11(2)15(19-10-18-14)20-12(3)13-6-5-8-16-9-13/h5-6,8-10,12H,4,7H2,1-3H3,(H2,17,18,19,20). The van der Waals surface area contributed by atoms with E-state index in [9.17, 15) is 0 Å². The molecule has 1 unspecified atom stereocenters. The largest absolute Gasteiger partial charge is 0.370 e. The maximum atomic E-state index is 4.33. The first kappa shape index (κ1) is 14.2. The summed E-state index contributed by atoms with van der Waals surface area (Å²) in [6, 6.07) is 4.14. The first-order chi connectivity index (χ1) is 9.72. The summed E-state index contributed by atoms with van der Waals surface area (Å²) >= 11 is 0. The lowest BCUT2D eigenvalue weighted by atomic mass is 10.1. The third kappa shape index (κ3) is 3.44. The van der Waals surface area contributed by atoms with Crippen LogP contribution in [0.1, 0.15) is 37.4 Å². The van der Waals surface area contributed by atoms with Crippen LogP contribution in [-0.2, 0) is 0 Å². The molecular formula is C15H21N5. The fourth-order valence-corrected chi connectivity index (χ4v) is 1.94. The molecule has 2 aromatic rings. The van der Waals surface area contributed by atoms with Gasteiger partial charge in [0.1, 0.15) is 18.0 Å². The molecule has 2 aromatic heterocycles. The van der Waals surface area contributed by atoms with Crippen LogP contribution in [0.3, 0.4) is 0 Å². The van der Waals surface area contributed by atoms with Crippen molar-refractivity contribution in [2.45, 2.75) is 33.2 Å². The van der Waals surface area contributed by atoms with Crippen molar-refractivity contribution in [1.82, 2.24) is 15.0 Å². The summed E-state index contributed by atoms with van der Waals surface area (Å²) in [5, 5.41) is 6.72. The number of hydrogen-bond donors (Lipinski definition) is 2. The maximum absolute atomic E-state index is 4.33. The Morgan fingerprint density at radius 1 is 1.25 bits per heavy atom. The van der Waals surface area contributed by atoms with Gasteiger partial charge in [0.05, 0.1) is 6.04 Å². The Labute approximate surface area is 119 Å². The Morgan fingerprint density at radius 2 is 2.05 bits per heavy atom. The fraction of sp³-hybridized carbons (Fsp3) is 0.400. The molecule has 2 rings (SSSR count). The van der Waals surface area contributed by atoms with Crippen LogP contribution >= 0.6 is 0 Å². The van der Waals surface area contributed by atoms with Gasteiger partial charge in [0.25, 0.3) is 0 Å². The van der Waals surface area contributed by atoms with Gasteiger partial charge in [0, 0.05) is 24.5 Å². The highest BCUT2D eigenvalue weighted by molar-refractivity contribution is 5.57. The van der Waals surface area contributed by atoms with E-state index in [0.717, 1.165) is 35.7 Å². The predicted molar refractivity (Wildman–Crippen MR) is 81.8 cm³/mol. The molecule has 0 radical (unpaired) electrons. The van der Waals surface area contributed by atoms with Gasteiger partial charge in [-0.15, -0.1) is 0 Å². The summed E-state index contributed by atoms with van der Waals surface area (Å²) in [7, 11) is 0. The predicted octanol–water partition coefficient (Wildman–Crippen LogP) is 3.18. The van der Waals surface area contributed by atoms with E-state index < -0.39 is 0 Å². The van der Waals surface area contributed by atoms with Crippen LogP contribution in [0, 0.1) is 6.92 Å². The number of anilines is 2.